The van der Waals surface area contributed by atoms with Gasteiger partial charge in [0.05, 0.1) is 17.6 Å². The van der Waals surface area contributed by atoms with E-state index in [0.717, 1.165) is 11.3 Å². The number of hydrogen-bond donors (Lipinski definition) is 1. The maximum Gasteiger partial charge on any atom is 0.240 e. The predicted molar refractivity (Wildman–Crippen MR) is 87.7 cm³/mol. The molecule has 0 fully saturated rings. The van der Waals surface area contributed by atoms with E-state index in [9.17, 15) is 8.42 Å². The molecule has 23 heavy (non-hydrogen) atoms. The van der Waals surface area contributed by atoms with Crippen molar-refractivity contribution in [1.29, 1.82) is 0 Å². The second-order valence-electron chi connectivity index (χ2n) is 5.48. The molecular formula is C16H22N2O4S. The van der Waals surface area contributed by atoms with Gasteiger partial charge in [0.15, 0.2) is 5.89 Å². The van der Waals surface area contributed by atoms with E-state index in [1.54, 1.807) is 31.2 Å². The molecule has 0 aliphatic rings. The third kappa shape index (κ3) is 4.63. The lowest BCUT2D eigenvalue weighted by Crippen LogP contribution is -2.28. The molecule has 0 saturated carbocycles. The Balaban J connectivity index is 2.08. The van der Waals surface area contributed by atoms with Crippen LogP contribution in [0.1, 0.15) is 25.5 Å². The van der Waals surface area contributed by atoms with E-state index in [-0.39, 0.29) is 17.5 Å². The maximum absolute atomic E-state index is 12.2. The number of sulfonamides is 1. The van der Waals surface area contributed by atoms with Crippen LogP contribution >= 0.6 is 0 Å². The number of rotatable bonds is 7. The summed E-state index contributed by atoms with van der Waals surface area (Å²) in [7, 11) is -3.54. The van der Waals surface area contributed by atoms with Crippen LogP contribution in [-0.2, 0) is 14.8 Å². The highest BCUT2D eigenvalue weighted by atomic mass is 32.2. The minimum atomic E-state index is -3.54. The van der Waals surface area contributed by atoms with Crippen LogP contribution < -0.4 is 4.72 Å². The summed E-state index contributed by atoms with van der Waals surface area (Å²) in [6, 6.07) is 6.57. The molecule has 2 rings (SSSR count). The number of hydrogen-bond acceptors (Lipinski definition) is 5. The van der Waals surface area contributed by atoms with Crippen molar-refractivity contribution in [1.82, 2.24) is 9.71 Å². The predicted octanol–water partition coefficient (Wildman–Crippen LogP) is 2.66. The van der Waals surface area contributed by atoms with Crippen molar-refractivity contribution in [2.24, 2.45) is 0 Å². The number of benzene rings is 1. The Kier molecular flexibility index (Phi) is 5.56. The third-order valence-corrected chi connectivity index (χ3v) is 4.66. The van der Waals surface area contributed by atoms with Gasteiger partial charge in [0, 0.05) is 19.0 Å². The average Bonchev–Trinajstić information content (AvgIpc) is 2.82. The van der Waals surface area contributed by atoms with Crippen molar-refractivity contribution < 1.29 is 17.6 Å². The van der Waals surface area contributed by atoms with E-state index in [2.05, 4.69) is 9.71 Å². The van der Waals surface area contributed by atoms with Crippen LogP contribution in [0.3, 0.4) is 0 Å². The van der Waals surface area contributed by atoms with Crippen molar-refractivity contribution in [2.75, 3.05) is 13.2 Å². The van der Waals surface area contributed by atoms with Crippen LogP contribution in [0.25, 0.3) is 11.3 Å². The van der Waals surface area contributed by atoms with Crippen molar-refractivity contribution >= 4 is 10.0 Å². The zero-order valence-electron chi connectivity index (χ0n) is 13.8. The number of aromatic nitrogens is 1. The maximum atomic E-state index is 12.2. The molecule has 7 heteroatoms. The van der Waals surface area contributed by atoms with Crippen molar-refractivity contribution in [2.45, 2.75) is 38.7 Å². The Labute approximate surface area is 136 Å². The van der Waals surface area contributed by atoms with Crippen LogP contribution in [0, 0.1) is 13.8 Å². The molecule has 0 atom stereocenters. The van der Waals surface area contributed by atoms with Gasteiger partial charge in [0.1, 0.15) is 11.5 Å². The molecule has 0 amide bonds. The lowest BCUT2D eigenvalue weighted by molar-refractivity contribution is 0.0834. The molecule has 0 aliphatic carbocycles. The largest absolute Gasteiger partial charge is 0.446 e. The Morgan fingerprint density at radius 1 is 1.22 bits per heavy atom. The quantitative estimate of drug-likeness (QED) is 0.785. The van der Waals surface area contributed by atoms with Gasteiger partial charge in [-0.2, -0.15) is 0 Å². The van der Waals surface area contributed by atoms with Crippen molar-refractivity contribution in [3.05, 3.63) is 35.9 Å². The highest BCUT2D eigenvalue weighted by Gasteiger charge is 2.15. The topological polar surface area (TPSA) is 81.4 Å². The van der Waals surface area contributed by atoms with E-state index in [4.69, 9.17) is 9.15 Å². The van der Waals surface area contributed by atoms with Crippen molar-refractivity contribution in [3.63, 3.8) is 0 Å². The summed E-state index contributed by atoms with van der Waals surface area (Å²) in [5.41, 5.74) is 1.55. The molecule has 1 N–H and O–H groups in total. The van der Waals surface area contributed by atoms with E-state index in [0.29, 0.717) is 18.3 Å². The molecule has 2 aromatic rings. The van der Waals surface area contributed by atoms with Gasteiger partial charge in [-0.15, -0.1) is 0 Å². The Bertz CT molecular complexity index is 749. The Hall–Kier alpha value is -1.70. The molecule has 0 unspecified atom stereocenters. The fraction of sp³-hybridized carbons (Fsp3) is 0.438. The SMILES string of the molecule is Cc1nc(-c2ccc(S(=O)(=O)NCCOC(C)C)cc2)c(C)o1. The third-order valence-electron chi connectivity index (χ3n) is 3.19. The summed E-state index contributed by atoms with van der Waals surface area (Å²) < 4.78 is 37.6. The summed E-state index contributed by atoms with van der Waals surface area (Å²) >= 11 is 0. The van der Waals surface area contributed by atoms with Crippen LogP contribution in [0.2, 0.25) is 0 Å². The molecule has 0 spiro atoms. The number of nitrogens with one attached hydrogen (secondary N) is 1. The molecule has 1 heterocycles. The second-order valence-corrected chi connectivity index (χ2v) is 7.25. The van der Waals surface area contributed by atoms with Crippen molar-refractivity contribution in [3.8, 4) is 11.3 Å². The van der Waals surface area contributed by atoms with Gasteiger partial charge in [-0.1, -0.05) is 12.1 Å². The fourth-order valence-electron chi connectivity index (χ4n) is 2.14. The molecular weight excluding hydrogens is 316 g/mol. The number of oxazole rings is 1. The first-order chi connectivity index (χ1) is 10.8. The number of nitrogens with zero attached hydrogens (tertiary/aromatic N) is 1. The molecule has 0 radical (unpaired) electrons. The lowest BCUT2D eigenvalue weighted by atomic mass is 10.1. The average molecular weight is 338 g/mol. The smallest absolute Gasteiger partial charge is 0.240 e. The zero-order chi connectivity index (χ0) is 17.0. The number of ether oxygens (including phenoxy) is 1. The van der Waals surface area contributed by atoms with Crippen LogP contribution in [-0.4, -0.2) is 32.7 Å². The summed E-state index contributed by atoms with van der Waals surface area (Å²) in [5, 5.41) is 0. The van der Waals surface area contributed by atoms with Gasteiger partial charge >= 0.3 is 0 Å². The molecule has 0 saturated heterocycles. The molecule has 1 aromatic heterocycles. The first kappa shape index (κ1) is 17.7. The Morgan fingerprint density at radius 3 is 2.39 bits per heavy atom. The normalized spacial score (nSPS) is 12.0. The highest BCUT2D eigenvalue weighted by molar-refractivity contribution is 7.89. The van der Waals surface area contributed by atoms with E-state index >= 15 is 0 Å². The van der Waals surface area contributed by atoms with Crippen LogP contribution in [0.4, 0.5) is 0 Å². The molecule has 0 bridgehead atoms. The van der Waals surface area contributed by atoms with E-state index in [1.807, 2.05) is 20.8 Å². The van der Waals surface area contributed by atoms with Gasteiger partial charge in [-0.25, -0.2) is 18.1 Å². The lowest BCUT2D eigenvalue weighted by Gasteiger charge is -2.09. The number of aryl methyl sites for hydroxylation is 2. The van der Waals surface area contributed by atoms with Gasteiger partial charge in [-0.05, 0) is 32.9 Å². The first-order valence-corrected chi connectivity index (χ1v) is 8.93. The monoisotopic (exact) mass is 338 g/mol. The molecule has 1 aromatic carbocycles. The van der Waals surface area contributed by atoms with Crippen LogP contribution in [0.15, 0.2) is 33.6 Å². The minimum Gasteiger partial charge on any atom is -0.446 e. The van der Waals surface area contributed by atoms with Gasteiger partial charge in [0.25, 0.3) is 0 Å². The van der Waals surface area contributed by atoms with E-state index in [1.165, 1.54) is 0 Å². The summed E-state index contributed by atoms with van der Waals surface area (Å²) in [6.07, 6.45) is 0.0768. The zero-order valence-corrected chi connectivity index (χ0v) is 14.6. The minimum absolute atomic E-state index is 0.0768. The molecule has 126 valence electrons. The summed E-state index contributed by atoms with van der Waals surface area (Å²) in [6.45, 7) is 7.99. The van der Waals surface area contributed by atoms with Gasteiger partial charge in [-0.3, -0.25) is 0 Å². The van der Waals surface area contributed by atoms with Gasteiger partial charge < -0.3 is 9.15 Å². The Morgan fingerprint density at radius 2 is 1.87 bits per heavy atom. The summed E-state index contributed by atoms with van der Waals surface area (Å²) in [5.74, 6) is 1.29. The standard InChI is InChI=1S/C16H22N2O4S/c1-11(2)21-10-9-17-23(19,20)15-7-5-14(6-8-15)16-12(3)22-13(4)18-16/h5-8,11,17H,9-10H2,1-4H3. The second kappa shape index (κ2) is 7.25. The van der Waals surface area contributed by atoms with E-state index < -0.39 is 10.0 Å². The van der Waals surface area contributed by atoms with Crippen LogP contribution in [0.5, 0.6) is 0 Å². The first-order valence-electron chi connectivity index (χ1n) is 7.45. The molecule has 6 nitrogen and oxygen atoms in total. The molecule has 0 aliphatic heterocycles. The highest BCUT2D eigenvalue weighted by Crippen LogP contribution is 2.24. The summed E-state index contributed by atoms with van der Waals surface area (Å²) in [4.78, 5) is 4.51. The van der Waals surface area contributed by atoms with Gasteiger partial charge in [0.2, 0.25) is 10.0 Å². The fourth-order valence-corrected chi connectivity index (χ4v) is 3.16.